The molecule has 0 radical (unpaired) electrons. The quantitative estimate of drug-likeness (QED) is 0.649. The molecule has 1 heterocycles. The summed E-state index contributed by atoms with van der Waals surface area (Å²) in [7, 11) is 0. The van der Waals surface area contributed by atoms with Crippen LogP contribution in [0.3, 0.4) is 0 Å². The highest BCUT2D eigenvalue weighted by Crippen LogP contribution is 2.39. The minimum absolute atomic E-state index is 0.468. The minimum Gasteiger partial charge on any atom is -0.445 e. The predicted molar refractivity (Wildman–Crippen MR) is 42.6 cm³/mol. The van der Waals surface area contributed by atoms with E-state index in [-0.39, 0.29) is 0 Å². The summed E-state index contributed by atoms with van der Waals surface area (Å²) in [6, 6.07) is 0. The molecule has 1 aliphatic carbocycles. The van der Waals surface area contributed by atoms with E-state index < -0.39 is 0 Å². The van der Waals surface area contributed by atoms with Gasteiger partial charge >= 0.3 is 0 Å². The fraction of sp³-hybridized carbons (Fsp3) is 0.667. The van der Waals surface area contributed by atoms with E-state index in [1.165, 1.54) is 12.8 Å². The van der Waals surface area contributed by atoms with Crippen molar-refractivity contribution in [3.05, 3.63) is 17.8 Å². The molecule has 2 nitrogen and oxygen atoms in total. The Morgan fingerprint density at radius 2 is 2.27 bits per heavy atom. The summed E-state index contributed by atoms with van der Waals surface area (Å²) in [5.74, 6) is 3.08. The molecule has 1 aliphatic rings. The van der Waals surface area contributed by atoms with Gasteiger partial charge in [0.25, 0.3) is 0 Å². The van der Waals surface area contributed by atoms with Crippen LogP contribution in [0.1, 0.15) is 50.2 Å². The average Bonchev–Trinajstić information content (AvgIpc) is 2.68. The van der Waals surface area contributed by atoms with Gasteiger partial charge in [-0.05, 0) is 12.8 Å². The number of rotatable bonds is 2. The number of hydrogen-bond donors (Lipinski definition) is 0. The van der Waals surface area contributed by atoms with Gasteiger partial charge in [0.1, 0.15) is 5.76 Å². The van der Waals surface area contributed by atoms with Crippen LogP contribution in [0.4, 0.5) is 0 Å². The van der Waals surface area contributed by atoms with Crippen LogP contribution in [0, 0.1) is 0 Å². The van der Waals surface area contributed by atoms with Gasteiger partial charge in [0.05, 0.1) is 6.20 Å². The number of nitrogens with zero attached hydrogens (tertiary/aromatic N) is 1. The van der Waals surface area contributed by atoms with E-state index in [9.17, 15) is 0 Å². The fourth-order valence-electron chi connectivity index (χ4n) is 1.09. The summed E-state index contributed by atoms with van der Waals surface area (Å²) < 4.78 is 5.56. The molecule has 0 N–H and O–H groups in total. The largest absolute Gasteiger partial charge is 0.445 e. The second kappa shape index (κ2) is 2.36. The Hall–Kier alpha value is -0.790. The van der Waals surface area contributed by atoms with Crippen molar-refractivity contribution in [1.82, 2.24) is 4.98 Å². The Bertz CT molecular complexity index is 231. The molecule has 60 valence electrons. The lowest BCUT2D eigenvalue weighted by molar-refractivity contribution is 0.440. The van der Waals surface area contributed by atoms with E-state index in [4.69, 9.17) is 4.42 Å². The lowest BCUT2D eigenvalue weighted by Gasteiger charge is -1.95. The molecule has 0 spiro atoms. The Morgan fingerprint density at radius 3 is 2.73 bits per heavy atom. The van der Waals surface area contributed by atoms with E-state index in [0.717, 1.165) is 11.7 Å². The van der Waals surface area contributed by atoms with Crippen LogP contribution in [-0.2, 0) is 0 Å². The monoisotopic (exact) mass is 151 g/mol. The molecule has 1 aromatic heterocycles. The van der Waals surface area contributed by atoms with Crippen molar-refractivity contribution in [3.63, 3.8) is 0 Å². The van der Waals surface area contributed by atoms with Crippen molar-refractivity contribution in [2.75, 3.05) is 0 Å². The Morgan fingerprint density at radius 1 is 1.55 bits per heavy atom. The van der Waals surface area contributed by atoms with Gasteiger partial charge in [-0.3, -0.25) is 0 Å². The third kappa shape index (κ3) is 1.30. The highest BCUT2D eigenvalue weighted by molar-refractivity contribution is 5.06. The molecule has 1 fully saturated rings. The molecule has 0 bridgehead atoms. The van der Waals surface area contributed by atoms with Gasteiger partial charge in [-0.25, -0.2) is 4.98 Å². The third-order valence-corrected chi connectivity index (χ3v) is 2.04. The first-order chi connectivity index (χ1) is 5.27. The zero-order valence-corrected chi connectivity index (χ0v) is 7.00. The van der Waals surface area contributed by atoms with Crippen molar-refractivity contribution >= 4 is 0 Å². The summed E-state index contributed by atoms with van der Waals surface area (Å²) in [6.07, 6.45) is 4.38. The van der Waals surface area contributed by atoms with Gasteiger partial charge in [-0.15, -0.1) is 0 Å². The molecular weight excluding hydrogens is 138 g/mol. The summed E-state index contributed by atoms with van der Waals surface area (Å²) in [5.41, 5.74) is 0. The molecule has 0 atom stereocenters. The lowest BCUT2D eigenvalue weighted by Crippen LogP contribution is -1.80. The van der Waals surface area contributed by atoms with Crippen LogP contribution in [0.5, 0.6) is 0 Å². The molecule has 1 aromatic rings. The van der Waals surface area contributed by atoms with E-state index >= 15 is 0 Å². The zero-order chi connectivity index (χ0) is 7.84. The Balaban J connectivity index is 2.18. The van der Waals surface area contributed by atoms with E-state index in [0.29, 0.717) is 11.8 Å². The topological polar surface area (TPSA) is 26.0 Å². The first-order valence-electron chi connectivity index (χ1n) is 4.23. The van der Waals surface area contributed by atoms with Gasteiger partial charge in [-0.1, -0.05) is 13.8 Å². The lowest BCUT2D eigenvalue weighted by atomic mass is 10.2. The summed E-state index contributed by atoms with van der Waals surface area (Å²) in [5, 5.41) is 0. The number of aromatic nitrogens is 1. The predicted octanol–water partition coefficient (Wildman–Crippen LogP) is 2.68. The number of hydrogen-bond acceptors (Lipinski definition) is 2. The summed E-state index contributed by atoms with van der Waals surface area (Å²) >= 11 is 0. The third-order valence-electron chi connectivity index (χ3n) is 2.04. The second-order valence-corrected chi connectivity index (χ2v) is 3.53. The maximum absolute atomic E-state index is 5.56. The molecule has 0 saturated heterocycles. The second-order valence-electron chi connectivity index (χ2n) is 3.53. The van der Waals surface area contributed by atoms with Gasteiger partial charge < -0.3 is 4.42 Å². The molecule has 0 aromatic carbocycles. The summed E-state index contributed by atoms with van der Waals surface area (Å²) in [6.45, 7) is 4.24. The SMILES string of the molecule is CC(C)c1cnc(C2CC2)o1. The molecule has 11 heavy (non-hydrogen) atoms. The minimum atomic E-state index is 0.468. The van der Waals surface area contributed by atoms with Crippen molar-refractivity contribution in [2.45, 2.75) is 38.5 Å². The Labute approximate surface area is 66.6 Å². The molecule has 2 rings (SSSR count). The van der Waals surface area contributed by atoms with E-state index in [1.54, 1.807) is 0 Å². The van der Waals surface area contributed by atoms with Crippen molar-refractivity contribution < 1.29 is 4.42 Å². The molecule has 0 unspecified atom stereocenters. The Kier molecular flexibility index (Phi) is 1.48. The van der Waals surface area contributed by atoms with Crippen molar-refractivity contribution in [2.24, 2.45) is 0 Å². The zero-order valence-electron chi connectivity index (χ0n) is 7.00. The van der Waals surface area contributed by atoms with Crippen LogP contribution < -0.4 is 0 Å². The van der Waals surface area contributed by atoms with Gasteiger partial charge in [0.15, 0.2) is 5.89 Å². The molecular formula is C9H13NO. The molecule has 1 saturated carbocycles. The fourth-order valence-corrected chi connectivity index (χ4v) is 1.09. The maximum Gasteiger partial charge on any atom is 0.197 e. The van der Waals surface area contributed by atoms with Crippen LogP contribution in [0.2, 0.25) is 0 Å². The highest BCUT2D eigenvalue weighted by Gasteiger charge is 2.28. The van der Waals surface area contributed by atoms with Gasteiger partial charge in [-0.2, -0.15) is 0 Å². The normalized spacial score (nSPS) is 17.7. The van der Waals surface area contributed by atoms with Crippen molar-refractivity contribution in [3.8, 4) is 0 Å². The summed E-state index contributed by atoms with van der Waals surface area (Å²) in [4.78, 5) is 4.23. The number of oxazole rings is 1. The van der Waals surface area contributed by atoms with Crippen LogP contribution >= 0.6 is 0 Å². The van der Waals surface area contributed by atoms with Crippen molar-refractivity contribution in [1.29, 1.82) is 0 Å². The molecule has 0 aliphatic heterocycles. The van der Waals surface area contributed by atoms with Crippen LogP contribution in [0.25, 0.3) is 0 Å². The standard InChI is InChI=1S/C9H13NO/c1-6(2)8-5-10-9(11-8)7-3-4-7/h5-7H,3-4H2,1-2H3. The maximum atomic E-state index is 5.56. The van der Waals surface area contributed by atoms with Gasteiger partial charge in [0, 0.05) is 11.8 Å². The smallest absolute Gasteiger partial charge is 0.197 e. The van der Waals surface area contributed by atoms with Crippen LogP contribution in [-0.4, -0.2) is 4.98 Å². The molecule has 2 heteroatoms. The van der Waals surface area contributed by atoms with Gasteiger partial charge in [0.2, 0.25) is 0 Å². The van der Waals surface area contributed by atoms with Crippen LogP contribution in [0.15, 0.2) is 10.6 Å². The average molecular weight is 151 g/mol. The first-order valence-corrected chi connectivity index (χ1v) is 4.23. The van der Waals surface area contributed by atoms with E-state index in [1.807, 2.05) is 6.20 Å². The first kappa shape index (κ1) is 6.89. The van der Waals surface area contributed by atoms with E-state index in [2.05, 4.69) is 18.8 Å². The highest BCUT2D eigenvalue weighted by atomic mass is 16.4. The molecule has 0 amide bonds.